The lowest BCUT2D eigenvalue weighted by Crippen LogP contribution is -2.12. The maximum Gasteiger partial charge on any atom is 0.123 e. The minimum absolute atomic E-state index is 0.151. The van der Waals surface area contributed by atoms with E-state index in [0.29, 0.717) is 0 Å². The van der Waals surface area contributed by atoms with Crippen LogP contribution >= 0.6 is 0 Å². The number of aryl methyl sites for hydroxylation is 1. The van der Waals surface area contributed by atoms with Crippen molar-refractivity contribution in [3.05, 3.63) is 65.0 Å². The van der Waals surface area contributed by atoms with Gasteiger partial charge in [-0.25, -0.2) is 4.39 Å². The molecule has 1 N–H and O–H groups in total. The fraction of sp³-hybridized carbons (Fsp3) is 0.333. The molecule has 0 fully saturated rings. The molecule has 0 aromatic heterocycles. The van der Waals surface area contributed by atoms with E-state index in [2.05, 4.69) is 51.2 Å². The molecular formula is C18H22FN. The zero-order chi connectivity index (χ0) is 14.8. The highest BCUT2D eigenvalue weighted by Gasteiger charge is 2.14. The second-order valence-electron chi connectivity index (χ2n) is 6.25. The van der Waals surface area contributed by atoms with Gasteiger partial charge in [0.2, 0.25) is 0 Å². The molecule has 2 heteroatoms. The van der Waals surface area contributed by atoms with Gasteiger partial charge in [0, 0.05) is 12.2 Å². The van der Waals surface area contributed by atoms with E-state index in [0.717, 1.165) is 12.2 Å². The van der Waals surface area contributed by atoms with E-state index in [-0.39, 0.29) is 11.2 Å². The summed E-state index contributed by atoms with van der Waals surface area (Å²) in [6.45, 7) is 9.52. The first kappa shape index (κ1) is 14.6. The Labute approximate surface area is 120 Å². The predicted molar refractivity (Wildman–Crippen MR) is 83.6 cm³/mol. The topological polar surface area (TPSA) is 12.0 Å². The fourth-order valence-corrected chi connectivity index (χ4v) is 2.09. The molecule has 0 spiro atoms. The summed E-state index contributed by atoms with van der Waals surface area (Å²) in [5.41, 5.74) is 4.97. The van der Waals surface area contributed by atoms with E-state index in [1.807, 2.05) is 0 Å². The standard InChI is InChI=1S/C18H22FN/c1-13-5-6-15(18(2,3)4)11-14(13)12-20-17-9-7-16(19)8-10-17/h5-11,20H,12H2,1-4H3. The Hall–Kier alpha value is -1.83. The molecule has 2 aromatic carbocycles. The van der Waals surface area contributed by atoms with Gasteiger partial charge in [-0.1, -0.05) is 39.0 Å². The number of rotatable bonds is 3. The van der Waals surface area contributed by atoms with Crippen LogP contribution in [-0.2, 0) is 12.0 Å². The molecule has 20 heavy (non-hydrogen) atoms. The second kappa shape index (κ2) is 5.66. The smallest absolute Gasteiger partial charge is 0.123 e. The number of hydrogen-bond donors (Lipinski definition) is 1. The zero-order valence-electron chi connectivity index (χ0n) is 12.6. The summed E-state index contributed by atoms with van der Waals surface area (Å²) in [4.78, 5) is 0. The molecule has 0 saturated heterocycles. The van der Waals surface area contributed by atoms with Gasteiger partial charge in [0.1, 0.15) is 5.82 Å². The largest absolute Gasteiger partial charge is 0.381 e. The number of halogens is 1. The van der Waals surface area contributed by atoms with Crippen LogP contribution < -0.4 is 5.32 Å². The van der Waals surface area contributed by atoms with E-state index in [9.17, 15) is 4.39 Å². The van der Waals surface area contributed by atoms with Gasteiger partial charge in [-0.15, -0.1) is 0 Å². The molecule has 0 aliphatic heterocycles. The van der Waals surface area contributed by atoms with Crippen LogP contribution in [0.15, 0.2) is 42.5 Å². The van der Waals surface area contributed by atoms with Crippen molar-refractivity contribution >= 4 is 5.69 Å². The average Bonchev–Trinajstić information content (AvgIpc) is 2.38. The Morgan fingerprint density at radius 1 is 1.00 bits per heavy atom. The zero-order valence-corrected chi connectivity index (χ0v) is 12.6. The van der Waals surface area contributed by atoms with E-state index < -0.39 is 0 Å². The molecule has 0 saturated carbocycles. The SMILES string of the molecule is Cc1ccc(C(C)(C)C)cc1CNc1ccc(F)cc1. The Bertz CT molecular complexity index is 579. The molecule has 106 valence electrons. The quantitative estimate of drug-likeness (QED) is 0.824. The third-order valence-corrected chi connectivity index (χ3v) is 3.54. The van der Waals surface area contributed by atoms with Gasteiger partial charge < -0.3 is 5.32 Å². The minimum atomic E-state index is -0.207. The predicted octanol–water partition coefficient (Wildman–Crippen LogP) is 5.04. The first-order chi connectivity index (χ1) is 9.36. The van der Waals surface area contributed by atoms with Crippen molar-refractivity contribution in [2.24, 2.45) is 0 Å². The summed E-state index contributed by atoms with van der Waals surface area (Å²) in [6.07, 6.45) is 0. The molecular weight excluding hydrogens is 249 g/mol. The molecule has 2 aromatic rings. The monoisotopic (exact) mass is 271 g/mol. The summed E-state index contributed by atoms with van der Waals surface area (Å²) in [5.74, 6) is -0.207. The van der Waals surface area contributed by atoms with Gasteiger partial charge in [0.15, 0.2) is 0 Å². The first-order valence-corrected chi connectivity index (χ1v) is 6.96. The molecule has 0 aliphatic carbocycles. The number of nitrogens with one attached hydrogen (secondary N) is 1. The molecule has 0 radical (unpaired) electrons. The highest BCUT2D eigenvalue weighted by atomic mass is 19.1. The molecule has 2 rings (SSSR count). The Balaban J connectivity index is 2.14. The van der Waals surface area contributed by atoms with Crippen molar-refractivity contribution in [1.82, 2.24) is 0 Å². The lowest BCUT2D eigenvalue weighted by molar-refractivity contribution is 0.589. The van der Waals surface area contributed by atoms with Crippen LogP contribution in [0.1, 0.15) is 37.5 Å². The van der Waals surface area contributed by atoms with Crippen molar-refractivity contribution in [2.45, 2.75) is 39.7 Å². The average molecular weight is 271 g/mol. The summed E-state index contributed by atoms with van der Waals surface area (Å²) >= 11 is 0. The van der Waals surface area contributed by atoms with Crippen LogP contribution in [0.5, 0.6) is 0 Å². The molecule has 0 heterocycles. The van der Waals surface area contributed by atoms with Crippen LogP contribution in [0.3, 0.4) is 0 Å². The highest BCUT2D eigenvalue weighted by Crippen LogP contribution is 2.25. The Morgan fingerprint density at radius 3 is 2.25 bits per heavy atom. The van der Waals surface area contributed by atoms with Crippen LogP contribution in [0, 0.1) is 12.7 Å². The first-order valence-electron chi connectivity index (χ1n) is 6.96. The lowest BCUT2D eigenvalue weighted by atomic mass is 9.85. The molecule has 0 amide bonds. The molecule has 1 nitrogen and oxygen atoms in total. The minimum Gasteiger partial charge on any atom is -0.381 e. The number of anilines is 1. The van der Waals surface area contributed by atoms with Crippen molar-refractivity contribution < 1.29 is 4.39 Å². The van der Waals surface area contributed by atoms with Gasteiger partial charge >= 0.3 is 0 Å². The lowest BCUT2D eigenvalue weighted by Gasteiger charge is -2.21. The third kappa shape index (κ3) is 3.60. The van der Waals surface area contributed by atoms with Gasteiger partial charge in [0.25, 0.3) is 0 Å². The summed E-state index contributed by atoms with van der Waals surface area (Å²) in [6, 6.07) is 13.1. The van der Waals surface area contributed by atoms with E-state index in [1.165, 1.54) is 28.8 Å². The summed E-state index contributed by atoms with van der Waals surface area (Å²) in [7, 11) is 0. The second-order valence-corrected chi connectivity index (χ2v) is 6.25. The maximum atomic E-state index is 12.9. The van der Waals surface area contributed by atoms with Crippen LogP contribution in [-0.4, -0.2) is 0 Å². The summed E-state index contributed by atoms with van der Waals surface area (Å²) < 4.78 is 12.9. The normalized spacial score (nSPS) is 11.4. The van der Waals surface area contributed by atoms with Crippen molar-refractivity contribution in [3.63, 3.8) is 0 Å². The van der Waals surface area contributed by atoms with Gasteiger partial charge in [-0.05, 0) is 53.3 Å². The van der Waals surface area contributed by atoms with Gasteiger partial charge in [0.05, 0.1) is 0 Å². The maximum absolute atomic E-state index is 12.9. The number of benzene rings is 2. The highest BCUT2D eigenvalue weighted by molar-refractivity contribution is 5.45. The Kier molecular flexibility index (Phi) is 4.12. The van der Waals surface area contributed by atoms with Crippen molar-refractivity contribution in [1.29, 1.82) is 0 Å². The third-order valence-electron chi connectivity index (χ3n) is 3.54. The van der Waals surface area contributed by atoms with Crippen LogP contribution in [0.4, 0.5) is 10.1 Å². The number of hydrogen-bond acceptors (Lipinski definition) is 1. The van der Waals surface area contributed by atoms with E-state index in [4.69, 9.17) is 0 Å². The van der Waals surface area contributed by atoms with Gasteiger partial charge in [-0.2, -0.15) is 0 Å². The molecule has 0 atom stereocenters. The van der Waals surface area contributed by atoms with E-state index >= 15 is 0 Å². The Morgan fingerprint density at radius 2 is 1.65 bits per heavy atom. The van der Waals surface area contributed by atoms with E-state index in [1.54, 1.807) is 12.1 Å². The van der Waals surface area contributed by atoms with Crippen LogP contribution in [0.2, 0.25) is 0 Å². The molecule has 0 bridgehead atoms. The van der Waals surface area contributed by atoms with Crippen molar-refractivity contribution in [2.75, 3.05) is 5.32 Å². The van der Waals surface area contributed by atoms with Crippen LogP contribution in [0.25, 0.3) is 0 Å². The summed E-state index contributed by atoms with van der Waals surface area (Å²) in [5, 5.41) is 3.34. The van der Waals surface area contributed by atoms with Crippen molar-refractivity contribution in [3.8, 4) is 0 Å². The fourth-order valence-electron chi connectivity index (χ4n) is 2.09. The molecule has 0 aliphatic rings. The van der Waals surface area contributed by atoms with Gasteiger partial charge in [-0.3, -0.25) is 0 Å². The molecule has 0 unspecified atom stereocenters.